The lowest BCUT2D eigenvalue weighted by Gasteiger charge is -2.09. The molecule has 72 valence electrons. The van der Waals surface area contributed by atoms with Gasteiger partial charge in [-0.3, -0.25) is 9.59 Å². The lowest BCUT2D eigenvalue weighted by Crippen LogP contribution is -2.20. The minimum atomic E-state index is 0.0369. The number of carbonyl (C=O) groups is 2. The van der Waals surface area contributed by atoms with Crippen molar-refractivity contribution in [1.29, 1.82) is 0 Å². The number of likely N-dealkylation sites (N-methyl/N-ethyl adjacent to an activating group) is 1. The lowest BCUT2D eigenvalue weighted by atomic mass is 10.1. The number of anilines is 1. The zero-order valence-corrected chi connectivity index (χ0v) is 8.20. The first-order valence-electron chi connectivity index (χ1n) is 4.50. The van der Waals surface area contributed by atoms with Crippen LogP contribution in [0.5, 0.6) is 0 Å². The smallest absolute Gasteiger partial charge is 0.231 e. The van der Waals surface area contributed by atoms with Crippen molar-refractivity contribution in [2.24, 2.45) is 0 Å². The van der Waals surface area contributed by atoms with Crippen LogP contribution in [0.25, 0.3) is 0 Å². The standard InChI is InChI=1S/C11H11NO2/c1-7(13)8-3-4-10-9(5-8)6-11(14)12(10)2/h3-5H,6H2,1-2H3. The van der Waals surface area contributed by atoms with Gasteiger partial charge in [0.2, 0.25) is 5.91 Å². The van der Waals surface area contributed by atoms with Crippen molar-refractivity contribution >= 4 is 17.4 Å². The van der Waals surface area contributed by atoms with Crippen LogP contribution in [0.2, 0.25) is 0 Å². The molecule has 1 heterocycles. The minimum Gasteiger partial charge on any atom is -0.315 e. The van der Waals surface area contributed by atoms with E-state index >= 15 is 0 Å². The van der Waals surface area contributed by atoms with E-state index in [0.29, 0.717) is 12.0 Å². The van der Waals surface area contributed by atoms with Crippen LogP contribution in [0.15, 0.2) is 18.2 Å². The highest BCUT2D eigenvalue weighted by Gasteiger charge is 2.24. The molecular weight excluding hydrogens is 178 g/mol. The summed E-state index contributed by atoms with van der Waals surface area (Å²) in [6.07, 6.45) is 0.410. The summed E-state index contributed by atoms with van der Waals surface area (Å²) >= 11 is 0. The highest BCUT2D eigenvalue weighted by atomic mass is 16.2. The molecule has 1 aromatic rings. The fraction of sp³-hybridized carbons (Fsp3) is 0.273. The van der Waals surface area contributed by atoms with E-state index < -0.39 is 0 Å². The summed E-state index contributed by atoms with van der Waals surface area (Å²) in [6.45, 7) is 1.53. The number of carbonyl (C=O) groups excluding carboxylic acids is 2. The maximum atomic E-state index is 11.4. The summed E-state index contributed by atoms with van der Waals surface area (Å²) in [7, 11) is 1.75. The van der Waals surface area contributed by atoms with Gasteiger partial charge in [0.1, 0.15) is 0 Å². The van der Waals surface area contributed by atoms with Crippen LogP contribution in [-0.2, 0) is 11.2 Å². The van der Waals surface area contributed by atoms with Gasteiger partial charge in [-0.05, 0) is 30.7 Å². The first kappa shape index (κ1) is 8.94. The van der Waals surface area contributed by atoms with Crippen molar-refractivity contribution in [3.8, 4) is 0 Å². The van der Waals surface area contributed by atoms with Crippen molar-refractivity contribution in [3.05, 3.63) is 29.3 Å². The Morgan fingerprint density at radius 2 is 2.14 bits per heavy atom. The first-order chi connectivity index (χ1) is 6.59. The maximum absolute atomic E-state index is 11.4. The van der Waals surface area contributed by atoms with Gasteiger partial charge < -0.3 is 4.90 Å². The summed E-state index contributed by atoms with van der Waals surface area (Å²) < 4.78 is 0. The van der Waals surface area contributed by atoms with Gasteiger partial charge in [0, 0.05) is 18.3 Å². The lowest BCUT2D eigenvalue weighted by molar-refractivity contribution is -0.117. The summed E-state index contributed by atoms with van der Waals surface area (Å²) in [4.78, 5) is 24.1. The second kappa shape index (κ2) is 2.94. The predicted molar refractivity (Wildman–Crippen MR) is 53.6 cm³/mol. The zero-order chi connectivity index (χ0) is 10.3. The van der Waals surface area contributed by atoms with Gasteiger partial charge in [0.25, 0.3) is 0 Å². The molecule has 1 aliphatic heterocycles. The van der Waals surface area contributed by atoms with Gasteiger partial charge >= 0.3 is 0 Å². The molecule has 1 amide bonds. The number of fused-ring (bicyclic) bond motifs is 1. The number of hydrogen-bond donors (Lipinski definition) is 0. The van der Waals surface area contributed by atoms with Gasteiger partial charge in [0.05, 0.1) is 6.42 Å². The van der Waals surface area contributed by atoms with Crippen LogP contribution in [-0.4, -0.2) is 18.7 Å². The Balaban J connectivity index is 2.49. The Morgan fingerprint density at radius 3 is 2.79 bits per heavy atom. The van der Waals surface area contributed by atoms with Crippen molar-refractivity contribution in [1.82, 2.24) is 0 Å². The topological polar surface area (TPSA) is 37.4 Å². The largest absolute Gasteiger partial charge is 0.315 e. The molecular formula is C11H11NO2. The Bertz CT molecular complexity index is 423. The molecule has 3 nitrogen and oxygen atoms in total. The molecule has 0 spiro atoms. The summed E-state index contributed by atoms with van der Waals surface area (Å²) in [5.74, 6) is 0.121. The fourth-order valence-corrected chi connectivity index (χ4v) is 1.69. The Hall–Kier alpha value is -1.64. The highest BCUT2D eigenvalue weighted by molar-refractivity contribution is 6.02. The van der Waals surface area contributed by atoms with Crippen LogP contribution >= 0.6 is 0 Å². The summed E-state index contributed by atoms with van der Waals surface area (Å²) in [5.41, 5.74) is 2.54. The Labute approximate surface area is 82.3 Å². The third kappa shape index (κ3) is 1.21. The quantitative estimate of drug-likeness (QED) is 0.626. The number of nitrogens with zero attached hydrogens (tertiary/aromatic N) is 1. The normalized spacial score (nSPS) is 14.4. The number of amides is 1. The second-order valence-electron chi connectivity index (χ2n) is 3.53. The molecule has 0 unspecified atom stereocenters. The molecule has 0 fully saturated rings. The van der Waals surface area contributed by atoms with Crippen molar-refractivity contribution in [2.75, 3.05) is 11.9 Å². The fourth-order valence-electron chi connectivity index (χ4n) is 1.69. The molecule has 0 bridgehead atoms. The molecule has 1 aliphatic rings. The Kier molecular flexibility index (Phi) is 1.88. The van der Waals surface area contributed by atoms with Crippen LogP contribution in [0.4, 0.5) is 5.69 Å². The van der Waals surface area contributed by atoms with E-state index in [1.165, 1.54) is 6.92 Å². The van der Waals surface area contributed by atoms with Crippen LogP contribution in [0, 0.1) is 0 Å². The zero-order valence-electron chi connectivity index (χ0n) is 8.20. The number of Topliss-reactive ketones (excluding diaryl/α,β-unsaturated/α-hetero) is 1. The van der Waals surface area contributed by atoms with Crippen molar-refractivity contribution < 1.29 is 9.59 Å². The average Bonchev–Trinajstić information content (AvgIpc) is 2.42. The molecule has 3 heteroatoms. The maximum Gasteiger partial charge on any atom is 0.231 e. The molecule has 2 rings (SSSR count). The SMILES string of the molecule is CC(=O)c1ccc2c(c1)CC(=O)N2C. The van der Waals surface area contributed by atoms with Gasteiger partial charge in [-0.1, -0.05) is 0 Å². The highest BCUT2D eigenvalue weighted by Crippen LogP contribution is 2.28. The minimum absolute atomic E-state index is 0.0369. The van der Waals surface area contributed by atoms with E-state index in [2.05, 4.69) is 0 Å². The second-order valence-corrected chi connectivity index (χ2v) is 3.53. The number of rotatable bonds is 1. The molecule has 1 aromatic carbocycles. The molecule has 0 saturated heterocycles. The molecule has 0 aliphatic carbocycles. The summed E-state index contributed by atoms with van der Waals surface area (Å²) in [5, 5.41) is 0. The monoisotopic (exact) mass is 189 g/mol. The van der Waals surface area contributed by atoms with E-state index in [9.17, 15) is 9.59 Å². The van der Waals surface area contributed by atoms with E-state index in [4.69, 9.17) is 0 Å². The molecule has 0 saturated carbocycles. The van der Waals surface area contributed by atoms with Crippen molar-refractivity contribution in [2.45, 2.75) is 13.3 Å². The van der Waals surface area contributed by atoms with Crippen LogP contribution < -0.4 is 4.90 Å². The molecule has 0 aromatic heterocycles. The third-order valence-corrected chi connectivity index (χ3v) is 2.56. The number of ketones is 1. The number of hydrogen-bond acceptors (Lipinski definition) is 2. The molecule has 14 heavy (non-hydrogen) atoms. The molecule has 0 radical (unpaired) electrons. The number of benzene rings is 1. The first-order valence-corrected chi connectivity index (χ1v) is 4.50. The van der Waals surface area contributed by atoms with E-state index in [1.54, 1.807) is 24.1 Å². The van der Waals surface area contributed by atoms with Gasteiger partial charge in [-0.15, -0.1) is 0 Å². The van der Waals surface area contributed by atoms with Gasteiger partial charge in [-0.25, -0.2) is 0 Å². The van der Waals surface area contributed by atoms with E-state index in [-0.39, 0.29) is 11.7 Å². The molecule has 0 atom stereocenters. The van der Waals surface area contributed by atoms with Crippen LogP contribution in [0.3, 0.4) is 0 Å². The van der Waals surface area contributed by atoms with E-state index in [0.717, 1.165) is 11.3 Å². The van der Waals surface area contributed by atoms with Crippen LogP contribution in [0.1, 0.15) is 22.8 Å². The summed E-state index contributed by atoms with van der Waals surface area (Å²) in [6, 6.07) is 5.40. The van der Waals surface area contributed by atoms with E-state index in [1.807, 2.05) is 6.07 Å². The predicted octanol–water partition coefficient (Wildman–Crippen LogP) is 1.41. The average molecular weight is 189 g/mol. The Morgan fingerprint density at radius 1 is 1.43 bits per heavy atom. The van der Waals surface area contributed by atoms with Gasteiger partial charge in [-0.2, -0.15) is 0 Å². The molecule has 0 N–H and O–H groups in total. The third-order valence-electron chi connectivity index (χ3n) is 2.56. The van der Waals surface area contributed by atoms with Gasteiger partial charge in [0.15, 0.2) is 5.78 Å². The van der Waals surface area contributed by atoms with Crippen molar-refractivity contribution in [3.63, 3.8) is 0 Å².